The number of amides is 3. The Bertz CT molecular complexity index is 540. The summed E-state index contributed by atoms with van der Waals surface area (Å²) in [4.78, 5) is 34.7. The van der Waals surface area contributed by atoms with Crippen LogP contribution in [-0.2, 0) is 4.79 Å². The van der Waals surface area contributed by atoms with Crippen LogP contribution in [0.15, 0.2) is 0 Å². The van der Waals surface area contributed by atoms with Crippen LogP contribution in [0.1, 0.15) is 51.4 Å². The Morgan fingerprint density at radius 3 is 2.35 bits per heavy atom. The van der Waals surface area contributed by atoms with Gasteiger partial charge in [0.1, 0.15) is 0 Å². The van der Waals surface area contributed by atoms with Crippen molar-refractivity contribution >= 4 is 11.9 Å². The van der Waals surface area contributed by atoms with E-state index in [0.29, 0.717) is 18.5 Å². The molecule has 0 aromatic carbocycles. The van der Waals surface area contributed by atoms with E-state index in [4.69, 9.17) is 0 Å². The fraction of sp³-hybridized carbons (Fsp3) is 0.900. The minimum atomic E-state index is -0.294. The monoisotopic (exact) mass is 362 g/mol. The van der Waals surface area contributed by atoms with Crippen molar-refractivity contribution in [2.24, 2.45) is 5.41 Å². The summed E-state index contributed by atoms with van der Waals surface area (Å²) in [5.41, 5.74) is -0.294. The lowest BCUT2D eigenvalue weighted by molar-refractivity contribution is -0.149. The van der Waals surface area contributed by atoms with E-state index in [1.165, 1.54) is 32.1 Å². The van der Waals surface area contributed by atoms with Crippen LogP contribution in [0.4, 0.5) is 4.79 Å². The molecular weight excluding hydrogens is 328 g/mol. The summed E-state index contributed by atoms with van der Waals surface area (Å²) >= 11 is 0. The number of likely N-dealkylation sites (N-methyl/N-ethyl adjacent to an activating group) is 1. The van der Waals surface area contributed by atoms with Crippen molar-refractivity contribution in [3.63, 3.8) is 0 Å². The van der Waals surface area contributed by atoms with Crippen molar-refractivity contribution in [2.75, 3.05) is 52.9 Å². The minimum Gasteiger partial charge on any atom is -0.339 e. The lowest BCUT2D eigenvalue weighted by atomic mass is 9.77. The van der Waals surface area contributed by atoms with E-state index in [0.717, 1.165) is 58.5 Å². The summed E-state index contributed by atoms with van der Waals surface area (Å²) in [7, 11) is 2.10. The Kier molecular flexibility index (Phi) is 5.13. The number of urea groups is 1. The van der Waals surface area contributed by atoms with Gasteiger partial charge in [0.05, 0.1) is 5.41 Å². The van der Waals surface area contributed by atoms with Crippen LogP contribution in [0.25, 0.3) is 0 Å². The van der Waals surface area contributed by atoms with Gasteiger partial charge in [-0.2, -0.15) is 0 Å². The molecule has 0 aromatic rings. The molecule has 3 amide bonds. The number of hydrogen-bond acceptors (Lipinski definition) is 3. The Morgan fingerprint density at radius 1 is 0.885 bits per heavy atom. The summed E-state index contributed by atoms with van der Waals surface area (Å²) in [5.74, 6) is 0.351. The van der Waals surface area contributed by atoms with Gasteiger partial charge in [-0.1, -0.05) is 19.3 Å². The Hall–Kier alpha value is -1.30. The molecule has 0 aromatic heterocycles. The van der Waals surface area contributed by atoms with Gasteiger partial charge < -0.3 is 19.6 Å². The van der Waals surface area contributed by atoms with Crippen LogP contribution >= 0.6 is 0 Å². The zero-order chi connectivity index (χ0) is 18.1. The number of carbonyl (C=O) groups excluding carboxylic acids is 2. The molecule has 6 heteroatoms. The molecule has 1 spiro atoms. The molecule has 3 heterocycles. The number of piperidine rings is 1. The van der Waals surface area contributed by atoms with E-state index in [1.54, 1.807) is 0 Å². The van der Waals surface area contributed by atoms with Crippen molar-refractivity contribution < 1.29 is 9.59 Å². The van der Waals surface area contributed by atoms with Gasteiger partial charge in [-0.15, -0.1) is 0 Å². The second-order valence-electron chi connectivity index (χ2n) is 8.92. The number of rotatable bonds is 1. The summed E-state index contributed by atoms with van der Waals surface area (Å²) in [6.07, 6.45) is 9.09. The Balaban J connectivity index is 1.41. The highest BCUT2D eigenvalue weighted by Gasteiger charge is 2.51. The van der Waals surface area contributed by atoms with Gasteiger partial charge in [0.15, 0.2) is 0 Å². The average molecular weight is 363 g/mol. The first-order chi connectivity index (χ1) is 12.6. The molecule has 3 saturated heterocycles. The molecule has 4 fully saturated rings. The van der Waals surface area contributed by atoms with Gasteiger partial charge >= 0.3 is 6.03 Å². The smallest absolute Gasteiger partial charge is 0.320 e. The standard InChI is InChI=1S/C20H34N4O2/c1-21-12-14-22(15-13-21)19(26)23-11-9-20(16-23)8-5-10-24(18(20)25)17-6-3-2-4-7-17/h17H,2-16H2,1H3/t20-/m1/s1. The average Bonchev–Trinajstić information content (AvgIpc) is 3.10. The molecule has 3 aliphatic heterocycles. The zero-order valence-electron chi connectivity index (χ0n) is 16.3. The Morgan fingerprint density at radius 2 is 1.62 bits per heavy atom. The third-order valence-corrected chi connectivity index (χ3v) is 7.18. The van der Waals surface area contributed by atoms with Gasteiger partial charge in [-0.25, -0.2) is 4.79 Å². The summed E-state index contributed by atoms with van der Waals surface area (Å²) < 4.78 is 0. The lowest BCUT2D eigenvalue weighted by Gasteiger charge is -2.44. The predicted octanol–water partition coefficient (Wildman–Crippen LogP) is 2.00. The molecule has 4 aliphatic rings. The largest absolute Gasteiger partial charge is 0.339 e. The zero-order valence-corrected chi connectivity index (χ0v) is 16.3. The van der Waals surface area contributed by atoms with Crippen molar-refractivity contribution in [1.29, 1.82) is 0 Å². The van der Waals surface area contributed by atoms with Gasteiger partial charge in [0.25, 0.3) is 0 Å². The van der Waals surface area contributed by atoms with E-state index in [-0.39, 0.29) is 11.4 Å². The molecule has 6 nitrogen and oxygen atoms in total. The van der Waals surface area contributed by atoms with Crippen LogP contribution in [0.3, 0.4) is 0 Å². The van der Waals surface area contributed by atoms with Crippen molar-refractivity contribution in [2.45, 2.75) is 57.4 Å². The lowest BCUT2D eigenvalue weighted by Crippen LogP contribution is -2.55. The van der Waals surface area contributed by atoms with Crippen LogP contribution < -0.4 is 0 Å². The third-order valence-electron chi connectivity index (χ3n) is 7.18. The van der Waals surface area contributed by atoms with Crippen molar-refractivity contribution in [3.8, 4) is 0 Å². The first-order valence-corrected chi connectivity index (χ1v) is 10.6. The predicted molar refractivity (Wildman–Crippen MR) is 101 cm³/mol. The molecule has 0 bridgehead atoms. The van der Waals surface area contributed by atoms with E-state index >= 15 is 0 Å². The second kappa shape index (κ2) is 7.37. The Labute approximate surface area is 157 Å². The van der Waals surface area contributed by atoms with E-state index in [9.17, 15) is 9.59 Å². The van der Waals surface area contributed by atoms with Crippen molar-refractivity contribution in [3.05, 3.63) is 0 Å². The fourth-order valence-corrected chi connectivity index (χ4v) is 5.45. The maximum Gasteiger partial charge on any atom is 0.320 e. The number of hydrogen-bond donors (Lipinski definition) is 0. The highest BCUT2D eigenvalue weighted by Crippen LogP contribution is 2.42. The maximum absolute atomic E-state index is 13.4. The summed E-state index contributed by atoms with van der Waals surface area (Å²) in [6, 6.07) is 0.605. The minimum absolute atomic E-state index is 0.151. The quantitative estimate of drug-likeness (QED) is 0.717. The fourth-order valence-electron chi connectivity index (χ4n) is 5.45. The summed E-state index contributed by atoms with van der Waals surface area (Å²) in [5, 5.41) is 0. The first kappa shape index (κ1) is 18.1. The van der Waals surface area contributed by atoms with E-state index in [1.807, 2.05) is 9.80 Å². The number of carbonyl (C=O) groups is 2. The maximum atomic E-state index is 13.4. The van der Waals surface area contributed by atoms with E-state index in [2.05, 4.69) is 16.8 Å². The van der Waals surface area contributed by atoms with Gasteiger partial charge in [-0.3, -0.25) is 4.79 Å². The first-order valence-electron chi connectivity index (χ1n) is 10.6. The molecule has 1 atom stereocenters. The van der Waals surface area contributed by atoms with Crippen molar-refractivity contribution in [1.82, 2.24) is 19.6 Å². The number of likely N-dealkylation sites (tertiary alicyclic amines) is 2. The van der Waals surface area contributed by atoms with Crippen LogP contribution in [0.2, 0.25) is 0 Å². The SMILES string of the molecule is CN1CCN(C(=O)N2CC[C@]3(CCCN(C4CCCCC4)C3=O)C2)CC1. The molecular formula is C20H34N4O2. The van der Waals surface area contributed by atoms with E-state index < -0.39 is 0 Å². The van der Waals surface area contributed by atoms with Gasteiger partial charge in [0.2, 0.25) is 5.91 Å². The van der Waals surface area contributed by atoms with Crippen LogP contribution in [0, 0.1) is 5.41 Å². The number of nitrogens with zero attached hydrogens (tertiary/aromatic N) is 4. The normalized spacial score (nSPS) is 31.9. The highest BCUT2D eigenvalue weighted by atomic mass is 16.2. The topological polar surface area (TPSA) is 47.1 Å². The number of piperazine rings is 1. The van der Waals surface area contributed by atoms with Crippen LogP contribution in [0.5, 0.6) is 0 Å². The molecule has 4 rings (SSSR count). The molecule has 0 radical (unpaired) electrons. The van der Waals surface area contributed by atoms with Crippen LogP contribution in [-0.4, -0.2) is 90.4 Å². The van der Waals surface area contributed by atoms with Gasteiger partial charge in [-0.05, 0) is 39.2 Å². The molecule has 1 aliphatic carbocycles. The summed E-state index contributed by atoms with van der Waals surface area (Å²) in [6.45, 7) is 5.81. The van der Waals surface area contributed by atoms with Gasteiger partial charge in [0, 0.05) is 51.9 Å². The highest BCUT2D eigenvalue weighted by molar-refractivity contribution is 5.86. The second-order valence-corrected chi connectivity index (χ2v) is 8.92. The molecule has 146 valence electrons. The molecule has 0 N–H and O–H groups in total. The molecule has 0 unspecified atom stereocenters. The molecule has 1 saturated carbocycles. The third kappa shape index (κ3) is 3.32. The molecule has 26 heavy (non-hydrogen) atoms.